The van der Waals surface area contributed by atoms with E-state index < -0.39 is 17.4 Å². The normalized spacial score (nSPS) is 21.1. The summed E-state index contributed by atoms with van der Waals surface area (Å²) in [6.07, 6.45) is 3.42. The SMILES string of the molecule is CN(C(=O)Oc1ccc(F)cc1)[C@]1(C(=O)C2CCN(c3cncc(C#N)n3)CC2)CNC[C@H]1c1ccc(Cl)cc1. The number of anilines is 1. The monoisotopic (exact) mass is 562 g/mol. The van der Waals surface area contributed by atoms with Crippen LogP contribution in [0.15, 0.2) is 60.9 Å². The van der Waals surface area contributed by atoms with Crippen molar-refractivity contribution in [2.75, 3.05) is 38.1 Å². The van der Waals surface area contributed by atoms with Crippen LogP contribution in [-0.2, 0) is 4.79 Å². The molecule has 9 nitrogen and oxygen atoms in total. The highest BCUT2D eigenvalue weighted by molar-refractivity contribution is 6.30. The molecular weight excluding hydrogens is 535 g/mol. The van der Waals surface area contributed by atoms with Gasteiger partial charge in [-0.2, -0.15) is 5.26 Å². The number of nitriles is 1. The van der Waals surface area contributed by atoms with Gasteiger partial charge in [-0.15, -0.1) is 0 Å². The molecule has 0 unspecified atom stereocenters. The van der Waals surface area contributed by atoms with Gasteiger partial charge in [0.15, 0.2) is 11.5 Å². The first-order valence-corrected chi connectivity index (χ1v) is 13.4. The second-order valence-electron chi connectivity index (χ2n) is 10.0. The van der Waals surface area contributed by atoms with Gasteiger partial charge in [0.05, 0.1) is 12.4 Å². The first kappa shape index (κ1) is 27.5. The Labute approximate surface area is 236 Å². The molecule has 0 aliphatic carbocycles. The van der Waals surface area contributed by atoms with Gasteiger partial charge in [-0.3, -0.25) is 14.7 Å². The van der Waals surface area contributed by atoms with Crippen molar-refractivity contribution in [2.45, 2.75) is 24.3 Å². The molecule has 0 saturated carbocycles. The average Bonchev–Trinajstić information content (AvgIpc) is 3.44. The van der Waals surface area contributed by atoms with E-state index in [4.69, 9.17) is 16.3 Å². The molecule has 3 heterocycles. The summed E-state index contributed by atoms with van der Waals surface area (Å²) in [4.78, 5) is 39.8. The Kier molecular flexibility index (Phi) is 7.96. The molecule has 40 heavy (non-hydrogen) atoms. The maximum Gasteiger partial charge on any atom is 0.415 e. The van der Waals surface area contributed by atoms with Crippen LogP contribution in [0.2, 0.25) is 5.02 Å². The summed E-state index contributed by atoms with van der Waals surface area (Å²) in [5.74, 6) is -0.379. The summed E-state index contributed by atoms with van der Waals surface area (Å²) in [5, 5.41) is 13.1. The summed E-state index contributed by atoms with van der Waals surface area (Å²) >= 11 is 6.15. The fourth-order valence-corrected chi connectivity index (χ4v) is 5.81. The molecule has 2 atom stereocenters. The van der Waals surface area contributed by atoms with Crippen LogP contribution >= 0.6 is 11.6 Å². The molecule has 2 aromatic carbocycles. The van der Waals surface area contributed by atoms with Gasteiger partial charge in [-0.25, -0.2) is 14.2 Å². The Bertz CT molecular complexity index is 1420. The van der Waals surface area contributed by atoms with Crippen molar-refractivity contribution >= 4 is 29.3 Å². The van der Waals surface area contributed by atoms with E-state index in [9.17, 15) is 19.2 Å². The van der Waals surface area contributed by atoms with Crippen molar-refractivity contribution in [3.05, 3.63) is 83.0 Å². The molecule has 0 radical (unpaired) electrons. The molecule has 2 fully saturated rings. The minimum Gasteiger partial charge on any atom is -0.410 e. The zero-order valence-electron chi connectivity index (χ0n) is 21.9. The van der Waals surface area contributed by atoms with Gasteiger partial charge in [0.25, 0.3) is 0 Å². The molecule has 0 bridgehead atoms. The summed E-state index contributed by atoms with van der Waals surface area (Å²) in [6, 6.07) is 14.5. The number of halogens is 2. The van der Waals surface area contributed by atoms with Gasteiger partial charge in [0.2, 0.25) is 0 Å². The van der Waals surface area contributed by atoms with Crippen molar-refractivity contribution < 1.29 is 18.7 Å². The van der Waals surface area contributed by atoms with Crippen molar-refractivity contribution in [1.82, 2.24) is 20.2 Å². The zero-order chi connectivity index (χ0) is 28.3. The number of nitrogens with one attached hydrogen (secondary N) is 1. The molecule has 0 spiro atoms. The third-order valence-electron chi connectivity index (χ3n) is 7.84. The molecule has 1 aromatic heterocycles. The van der Waals surface area contributed by atoms with Crippen LogP contribution in [0.25, 0.3) is 0 Å². The first-order chi connectivity index (χ1) is 19.3. The molecule has 2 aliphatic heterocycles. The van der Waals surface area contributed by atoms with Gasteiger partial charge < -0.3 is 15.0 Å². The molecule has 206 valence electrons. The fraction of sp³-hybridized carbons (Fsp3) is 0.345. The quantitative estimate of drug-likeness (QED) is 0.476. The number of amides is 1. The number of ether oxygens (including phenoxy) is 1. The maximum absolute atomic E-state index is 14.5. The Morgan fingerprint density at radius 1 is 1.15 bits per heavy atom. The Morgan fingerprint density at radius 3 is 2.52 bits per heavy atom. The van der Waals surface area contributed by atoms with Crippen LogP contribution in [0, 0.1) is 23.1 Å². The molecule has 5 rings (SSSR count). The lowest BCUT2D eigenvalue weighted by atomic mass is 9.72. The zero-order valence-corrected chi connectivity index (χ0v) is 22.6. The number of hydrogen-bond acceptors (Lipinski definition) is 8. The van der Waals surface area contributed by atoms with E-state index in [1.165, 1.54) is 35.4 Å². The Morgan fingerprint density at radius 2 is 1.85 bits per heavy atom. The van der Waals surface area contributed by atoms with E-state index in [-0.39, 0.29) is 35.6 Å². The highest BCUT2D eigenvalue weighted by Gasteiger charge is 2.56. The second kappa shape index (κ2) is 11.6. The number of benzene rings is 2. The summed E-state index contributed by atoms with van der Waals surface area (Å²) in [6.45, 7) is 1.85. The number of hydrogen-bond donors (Lipinski definition) is 1. The molecule has 1 amide bonds. The number of carbonyl (C=O) groups is 2. The Hall–Kier alpha value is -4.07. The van der Waals surface area contributed by atoms with E-state index >= 15 is 0 Å². The number of carbonyl (C=O) groups excluding carboxylic acids is 2. The van der Waals surface area contributed by atoms with Crippen LogP contribution in [0.1, 0.15) is 30.0 Å². The van der Waals surface area contributed by atoms with Gasteiger partial charge in [-0.05, 0) is 54.8 Å². The van der Waals surface area contributed by atoms with E-state index in [0.29, 0.717) is 43.3 Å². The number of likely N-dealkylation sites (N-methyl/N-ethyl adjacent to an activating group) is 1. The predicted molar refractivity (Wildman–Crippen MR) is 147 cm³/mol. The topological polar surface area (TPSA) is 111 Å². The van der Waals surface area contributed by atoms with E-state index in [1.54, 1.807) is 25.4 Å². The predicted octanol–water partition coefficient (Wildman–Crippen LogP) is 4.18. The number of Topliss-reactive ketones (excluding diaryl/α,β-unsaturated/α-hetero) is 1. The minimum absolute atomic E-state index is 0.0486. The first-order valence-electron chi connectivity index (χ1n) is 13.0. The lowest BCUT2D eigenvalue weighted by Crippen LogP contribution is -2.62. The third-order valence-corrected chi connectivity index (χ3v) is 8.09. The third kappa shape index (κ3) is 5.35. The van der Waals surface area contributed by atoms with Crippen LogP contribution < -0.4 is 15.0 Å². The van der Waals surface area contributed by atoms with Gasteiger partial charge in [0.1, 0.15) is 29.0 Å². The van der Waals surface area contributed by atoms with Gasteiger partial charge in [0, 0.05) is 50.1 Å². The van der Waals surface area contributed by atoms with Crippen molar-refractivity contribution in [2.24, 2.45) is 5.92 Å². The number of aromatic nitrogens is 2. The van der Waals surface area contributed by atoms with E-state index in [2.05, 4.69) is 15.3 Å². The molecule has 1 N–H and O–H groups in total. The van der Waals surface area contributed by atoms with Gasteiger partial charge >= 0.3 is 6.09 Å². The van der Waals surface area contributed by atoms with Crippen LogP contribution in [0.4, 0.5) is 15.0 Å². The standard InChI is InChI=1S/C29H28ClFN6O3/c1-36(28(39)40-24-8-6-22(31)7-9-24)29(18-34-16-25(29)19-2-4-21(30)5-3-19)27(38)20-10-12-37(13-11-20)26-17-33-15-23(14-32)35-26/h2-9,15,17,20,25,34H,10-13,16,18H2,1H3/t25-,29+/m0/s1. The number of rotatable bonds is 6. The number of piperidine rings is 1. The summed E-state index contributed by atoms with van der Waals surface area (Å²) < 4.78 is 19.0. The fourth-order valence-electron chi connectivity index (χ4n) is 5.69. The molecule has 2 saturated heterocycles. The second-order valence-corrected chi connectivity index (χ2v) is 10.5. The van der Waals surface area contributed by atoms with Crippen LogP contribution in [0.5, 0.6) is 5.75 Å². The number of ketones is 1. The molecular formula is C29H28ClFN6O3. The largest absolute Gasteiger partial charge is 0.415 e. The van der Waals surface area contributed by atoms with Crippen molar-refractivity contribution in [1.29, 1.82) is 5.26 Å². The van der Waals surface area contributed by atoms with Crippen molar-refractivity contribution in [3.63, 3.8) is 0 Å². The lowest BCUT2D eigenvalue weighted by Gasteiger charge is -2.44. The van der Waals surface area contributed by atoms with Gasteiger partial charge in [-0.1, -0.05) is 23.7 Å². The minimum atomic E-state index is -1.22. The number of nitrogens with zero attached hydrogens (tertiary/aromatic N) is 5. The van der Waals surface area contributed by atoms with Crippen molar-refractivity contribution in [3.8, 4) is 11.8 Å². The summed E-state index contributed by atoms with van der Waals surface area (Å²) in [7, 11) is 1.58. The Balaban J connectivity index is 1.42. The highest BCUT2D eigenvalue weighted by atomic mass is 35.5. The van der Waals surface area contributed by atoms with Crippen LogP contribution in [0.3, 0.4) is 0 Å². The smallest absolute Gasteiger partial charge is 0.410 e. The van der Waals surface area contributed by atoms with E-state index in [1.807, 2.05) is 23.1 Å². The van der Waals surface area contributed by atoms with Crippen LogP contribution in [-0.4, -0.2) is 65.5 Å². The maximum atomic E-state index is 14.5. The average molecular weight is 563 g/mol. The summed E-state index contributed by atoms with van der Waals surface area (Å²) in [5.41, 5.74) is -0.109. The molecule has 2 aliphatic rings. The molecule has 11 heteroatoms. The van der Waals surface area contributed by atoms with E-state index in [0.717, 1.165) is 5.56 Å². The highest BCUT2D eigenvalue weighted by Crippen LogP contribution is 2.41. The lowest BCUT2D eigenvalue weighted by molar-refractivity contribution is -0.134. The molecule has 3 aromatic rings.